The lowest BCUT2D eigenvalue weighted by atomic mass is 10.2. The molecule has 0 aromatic heterocycles. The maximum Gasteiger partial charge on any atom is 0.172 e. The summed E-state index contributed by atoms with van der Waals surface area (Å²) in [4.78, 5) is 11.3. The van der Waals surface area contributed by atoms with Crippen molar-refractivity contribution in [3.63, 3.8) is 0 Å². The first-order valence-corrected chi connectivity index (χ1v) is 10.6. The van der Waals surface area contributed by atoms with E-state index in [0.29, 0.717) is 17.1 Å². The Labute approximate surface area is 164 Å². The number of aldehydes is 1. The lowest BCUT2D eigenvalue weighted by Crippen LogP contribution is -2.14. The van der Waals surface area contributed by atoms with Crippen LogP contribution in [0, 0.1) is 0 Å². The maximum absolute atomic E-state index is 13.9. The normalized spacial score (nSPS) is 11.3. The zero-order chi connectivity index (χ0) is 19.8. The summed E-state index contributed by atoms with van der Waals surface area (Å²) in [5.41, 5.74) is 0.405. The van der Waals surface area contributed by atoms with Crippen molar-refractivity contribution in [2.75, 3.05) is 13.7 Å². The number of carbonyl (C=O) groups excluding carboxylic acids is 1. The average molecular weight is 392 g/mol. The van der Waals surface area contributed by atoms with Crippen molar-refractivity contribution in [3.05, 3.63) is 96.3 Å². The first-order valence-electron chi connectivity index (χ1n) is 8.82. The Balaban J connectivity index is 1.87. The van der Waals surface area contributed by atoms with Gasteiger partial charge in [0.2, 0.25) is 0 Å². The molecule has 3 rings (SSSR count). The molecule has 0 aliphatic carbocycles. The highest BCUT2D eigenvalue weighted by atomic mass is 31.2. The summed E-state index contributed by atoms with van der Waals surface area (Å²) in [6.45, 7) is 0.158. The smallest absolute Gasteiger partial charge is 0.172 e. The maximum atomic E-state index is 13.9. The van der Waals surface area contributed by atoms with E-state index in [0.717, 1.165) is 16.9 Å². The number of methoxy groups -OCH3 is 1. The Hall–Kier alpha value is -3.10. The van der Waals surface area contributed by atoms with Crippen LogP contribution in [-0.2, 0) is 4.57 Å². The van der Waals surface area contributed by atoms with Crippen molar-refractivity contribution in [1.29, 1.82) is 0 Å². The zero-order valence-electron chi connectivity index (χ0n) is 15.5. The molecule has 0 atom stereocenters. The molecule has 0 amide bonds. The largest absolute Gasteiger partial charge is 0.493 e. The van der Waals surface area contributed by atoms with Gasteiger partial charge in [-0.25, -0.2) is 0 Å². The molecule has 28 heavy (non-hydrogen) atoms. The third-order valence-corrected chi connectivity index (χ3v) is 7.04. The summed E-state index contributed by atoms with van der Waals surface area (Å²) in [5, 5.41) is 1.51. The van der Waals surface area contributed by atoms with Crippen LogP contribution in [0.3, 0.4) is 0 Å². The number of para-hydroxylation sites is 1. The molecule has 0 heterocycles. The van der Waals surface area contributed by atoms with E-state index in [1.165, 1.54) is 7.11 Å². The summed E-state index contributed by atoms with van der Waals surface area (Å²) in [6.07, 6.45) is 2.45. The van der Waals surface area contributed by atoms with Crippen molar-refractivity contribution in [3.8, 4) is 11.5 Å². The monoisotopic (exact) mass is 392 g/mol. The Morgan fingerprint density at radius 2 is 1.46 bits per heavy atom. The first-order chi connectivity index (χ1) is 13.7. The van der Waals surface area contributed by atoms with Gasteiger partial charge >= 0.3 is 0 Å². The van der Waals surface area contributed by atoms with Crippen molar-refractivity contribution in [2.24, 2.45) is 0 Å². The van der Waals surface area contributed by atoms with Gasteiger partial charge in [-0.3, -0.25) is 4.79 Å². The number of benzene rings is 3. The summed E-state index contributed by atoms with van der Waals surface area (Å²) in [6, 6.07) is 23.9. The second-order valence-corrected chi connectivity index (χ2v) is 8.67. The predicted octanol–water partition coefficient (Wildman–Crippen LogP) is 4.41. The molecule has 0 saturated carbocycles. The topological polar surface area (TPSA) is 52.6 Å². The number of ether oxygens (including phenoxy) is 2. The summed E-state index contributed by atoms with van der Waals surface area (Å²) in [7, 11) is -1.42. The summed E-state index contributed by atoms with van der Waals surface area (Å²) >= 11 is 0. The van der Waals surface area contributed by atoms with Crippen LogP contribution in [0.5, 0.6) is 11.5 Å². The van der Waals surface area contributed by atoms with Gasteiger partial charge in [0.05, 0.1) is 12.7 Å². The molecular formula is C23H21O4P. The number of rotatable bonds is 8. The average Bonchev–Trinajstić information content (AvgIpc) is 2.77. The second-order valence-electron chi connectivity index (χ2n) is 6.02. The van der Waals surface area contributed by atoms with Crippen molar-refractivity contribution in [1.82, 2.24) is 0 Å². The van der Waals surface area contributed by atoms with Gasteiger partial charge in [0.1, 0.15) is 6.61 Å². The first kappa shape index (κ1) is 19.7. The van der Waals surface area contributed by atoms with Gasteiger partial charge in [0.15, 0.2) is 24.9 Å². The van der Waals surface area contributed by atoms with Crippen LogP contribution in [0.25, 0.3) is 0 Å². The SMILES string of the molecule is COc1cccc(C=O)c1OC/C=C/P(=O)(c1ccccc1)c1ccccc1. The third-order valence-electron chi connectivity index (χ3n) is 4.28. The molecule has 0 spiro atoms. The van der Waals surface area contributed by atoms with Gasteiger partial charge in [-0.15, -0.1) is 0 Å². The Morgan fingerprint density at radius 3 is 2.00 bits per heavy atom. The van der Waals surface area contributed by atoms with Gasteiger partial charge in [-0.1, -0.05) is 66.7 Å². The summed E-state index contributed by atoms with van der Waals surface area (Å²) < 4.78 is 24.9. The van der Waals surface area contributed by atoms with Crippen LogP contribution in [0.1, 0.15) is 10.4 Å². The molecule has 3 aromatic carbocycles. The minimum absolute atomic E-state index is 0.158. The molecular weight excluding hydrogens is 371 g/mol. The minimum atomic E-state index is -2.94. The van der Waals surface area contributed by atoms with Gasteiger partial charge in [0.25, 0.3) is 0 Å². The highest BCUT2D eigenvalue weighted by Gasteiger charge is 2.23. The lowest BCUT2D eigenvalue weighted by molar-refractivity contribution is 0.111. The standard InChI is InChI=1S/C23H21O4P/c1-26-22-15-8-10-19(18-24)23(22)27-16-9-17-28(25,20-11-4-2-5-12-20)21-13-6-3-7-14-21/h2-15,17-18H,16H2,1H3/b17-9+. The van der Waals surface area contributed by atoms with Crippen LogP contribution in [0.4, 0.5) is 0 Å². The van der Waals surface area contributed by atoms with E-state index >= 15 is 0 Å². The lowest BCUT2D eigenvalue weighted by Gasteiger charge is -2.16. The third kappa shape index (κ3) is 4.24. The van der Waals surface area contributed by atoms with Gasteiger partial charge < -0.3 is 14.0 Å². The quantitative estimate of drug-likeness (QED) is 0.421. The molecule has 142 valence electrons. The molecule has 0 bridgehead atoms. The highest BCUT2D eigenvalue weighted by Crippen LogP contribution is 2.44. The van der Waals surface area contributed by atoms with Crippen LogP contribution in [-0.4, -0.2) is 20.0 Å². The van der Waals surface area contributed by atoms with E-state index in [9.17, 15) is 9.36 Å². The van der Waals surface area contributed by atoms with E-state index in [4.69, 9.17) is 9.47 Å². The van der Waals surface area contributed by atoms with E-state index in [2.05, 4.69) is 0 Å². The molecule has 3 aromatic rings. The van der Waals surface area contributed by atoms with Crippen molar-refractivity contribution < 1.29 is 18.8 Å². The number of hydrogen-bond donors (Lipinski definition) is 0. The molecule has 4 nitrogen and oxygen atoms in total. The molecule has 5 heteroatoms. The fraction of sp³-hybridized carbons (Fsp3) is 0.0870. The fourth-order valence-corrected chi connectivity index (χ4v) is 5.14. The summed E-state index contributed by atoms with van der Waals surface area (Å²) in [5.74, 6) is 2.56. The molecule has 0 unspecified atom stereocenters. The molecule has 0 N–H and O–H groups in total. The second kappa shape index (κ2) is 9.20. The number of carbonyl (C=O) groups is 1. The number of hydrogen-bond acceptors (Lipinski definition) is 4. The zero-order valence-corrected chi connectivity index (χ0v) is 16.4. The van der Waals surface area contributed by atoms with Gasteiger partial charge in [-0.05, 0) is 24.0 Å². The van der Waals surface area contributed by atoms with Crippen molar-refractivity contribution >= 4 is 24.0 Å². The predicted molar refractivity (Wildman–Crippen MR) is 113 cm³/mol. The van der Waals surface area contributed by atoms with Crippen LogP contribution >= 0.6 is 7.14 Å². The fourth-order valence-electron chi connectivity index (χ4n) is 2.88. The Kier molecular flexibility index (Phi) is 6.46. The Morgan fingerprint density at radius 1 is 0.857 bits per heavy atom. The molecule has 0 saturated heterocycles. The van der Waals surface area contributed by atoms with Gasteiger partial charge in [-0.2, -0.15) is 0 Å². The molecule has 0 aliphatic heterocycles. The Bertz CT molecular complexity index is 954. The minimum Gasteiger partial charge on any atom is -0.493 e. The van der Waals surface area contributed by atoms with E-state index in [1.54, 1.807) is 30.1 Å². The van der Waals surface area contributed by atoms with Crippen LogP contribution in [0.15, 0.2) is 90.8 Å². The highest BCUT2D eigenvalue weighted by molar-refractivity contribution is 7.81. The van der Waals surface area contributed by atoms with Crippen LogP contribution < -0.4 is 20.1 Å². The van der Waals surface area contributed by atoms with Crippen molar-refractivity contribution in [2.45, 2.75) is 0 Å². The molecule has 0 aliphatic rings. The van der Waals surface area contributed by atoms with E-state index in [1.807, 2.05) is 60.7 Å². The van der Waals surface area contributed by atoms with E-state index < -0.39 is 7.14 Å². The molecule has 0 radical (unpaired) electrons. The molecule has 0 fully saturated rings. The van der Waals surface area contributed by atoms with E-state index in [-0.39, 0.29) is 6.61 Å². The van der Waals surface area contributed by atoms with Gasteiger partial charge in [0, 0.05) is 10.6 Å². The van der Waals surface area contributed by atoms with Crippen LogP contribution in [0.2, 0.25) is 0 Å².